The normalized spacial score (nSPS) is 19.3. The molecule has 1 N–H and O–H groups in total. The number of aryl methyl sites for hydroxylation is 1. The van der Waals surface area contributed by atoms with E-state index in [4.69, 9.17) is 0 Å². The summed E-state index contributed by atoms with van der Waals surface area (Å²) in [6, 6.07) is 11.8. The molecule has 2 aliphatic rings. The molecule has 0 bridgehead atoms. The van der Waals surface area contributed by atoms with E-state index >= 15 is 0 Å². The third-order valence-corrected chi connectivity index (χ3v) is 6.59. The fraction of sp³-hybridized carbons (Fsp3) is 0.381. The van der Waals surface area contributed by atoms with E-state index in [2.05, 4.69) is 10.4 Å². The number of benzene rings is 1. The minimum atomic E-state index is -0.343. The molecule has 2 aromatic heterocycles. The molecule has 1 saturated heterocycles. The Morgan fingerprint density at radius 3 is 2.71 bits per heavy atom. The van der Waals surface area contributed by atoms with Crippen LogP contribution in [0.15, 0.2) is 36.4 Å². The van der Waals surface area contributed by atoms with Crippen LogP contribution in [0.4, 0.5) is 0 Å². The molecule has 5 rings (SSSR count). The minimum absolute atomic E-state index is 0.00102. The Hall–Kier alpha value is -2.67. The second-order valence-electron chi connectivity index (χ2n) is 7.60. The quantitative estimate of drug-likeness (QED) is 0.738. The molecule has 1 unspecified atom stereocenters. The largest absolute Gasteiger partial charge is 0.352 e. The summed E-state index contributed by atoms with van der Waals surface area (Å²) >= 11 is 1.45. The number of amides is 2. The molecule has 144 valence electrons. The van der Waals surface area contributed by atoms with Gasteiger partial charge in [-0.25, -0.2) is 4.68 Å². The van der Waals surface area contributed by atoms with Gasteiger partial charge in [0.25, 0.3) is 5.91 Å². The van der Waals surface area contributed by atoms with Gasteiger partial charge in [0.2, 0.25) is 5.91 Å². The standard InChI is InChI=1S/C21H22N4O2S/c1-13-16-12-18(28-21(16)25(23-13)15-6-3-2-4-7-15)20(27)24-11-5-8-17(24)19(26)22-14-9-10-14/h2-4,6-7,12,14,17H,5,8-11H2,1H3,(H,22,26). The molecule has 1 atom stereocenters. The molecule has 28 heavy (non-hydrogen) atoms. The number of thiophene rings is 1. The third-order valence-electron chi connectivity index (χ3n) is 5.50. The van der Waals surface area contributed by atoms with Gasteiger partial charge in [-0.1, -0.05) is 18.2 Å². The molecule has 2 amide bonds. The van der Waals surface area contributed by atoms with E-state index in [0.29, 0.717) is 17.5 Å². The van der Waals surface area contributed by atoms with Crippen molar-refractivity contribution in [3.63, 3.8) is 0 Å². The molecule has 1 aliphatic heterocycles. The zero-order valence-corrected chi connectivity index (χ0v) is 16.5. The van der Waals surface area contributed by atoms with Crippen LogP contribution in [0.25, 0.3) is 15.9 Å². The number of carbonyl (C=O) groups excluding carboxylic acids is 2. The lowest BCUT2D eigenvalue weighted by atomic mass is 10.2. The Morgan fingerprint density at radius 2 is 1.96 bits per heavy atom. The second kappa shape index (κ2) is 6.74. The number of carbonyl (C=O) groups is 2. The fourth-order valence-corrected chi connectivity index (χ4v) is 4.98. The van der Waals surface area contributed by atoms with Crippen LogP contribution in [0.1, 0.15) is 41.0 Å². The number of hydrogen-bond acceptors (Lipinski definition) is 4. The van der Waals surface area contributed by atoms with E-state index in [0.717, 1.165) is 47.3 Å². The Morgan fingerprint density at radius 1 is 1.18 bits per heavy atom. The van der Waals surface area contributed by atoms with Gasteiger partial charge in [-0.15, -0.1) is 11.3 Å². The highest BCUT2D eigenvalue weighted by molar-refractivity contribution is 7.20. The van der Waals surface area contributed by atoms with Gasteiger partial charge in [0, 0.05) is 18.0 Å². The van der Waals surface area contributed by atoms with Gasteiger partial charge in [0.1, 0.15) is 10.9 Å². The number of para-hydroxylation sites is 1. The maximum absolute atomic E-state index is 13.2. The van der Waals surface area contributed by atoms with Crippen molar-refractivity contribution in [1.29, 1.82) is 0 Å². The highest BCUT2D eigenvalue weighted by Gasteiger charge is 2.37. The van der Waals surface area contributed by atoms with E-state index in [-0.39, 0.29) is 17.9 Å². The van der Waals surface area contributed by atoms with Gasteiger partial charge in [-0.05, 0) is 50.8 Å². The minimum Gasteiger partial charge on any atom is -0.352 e. The van der Waals surface area contributed by atoms with E-state index in [1.807, 2.05) is 48.0 Å². The molecule has 3 heterocycles. The van der Waals surface area contributed by atoms with E-state index in [1.54, 1.807) is 4.90 Å². The summed E-state index contributed by atoms with van der Waals surface area (Å²) in [6.07, 6.45) is 3.72. The lowest BCUT2D eigenvalue weighted by molar-refractivity contribution is -0.125. The third kappa shape index (κ3) is 2.99. The zero-order chi connectivity index (χ0) is 19.3. The van der Waals surface area contributed by atoms with Crippen LogP contribution < -0.4 is 5.32 Å². The van der Waals surface area contributed by atoms with E-state index in [9.17, 15) is 9.59 Å². The van der Waals surface area contributed by atoms with E-state index < -0.39 is 0 Å². The number of aromatic nitrogens is 2. The maximum atomic E-state index is 13.2. The fourth-order valence-electron chi connectivity index (χ4n) is 3.85. The smallest absolute Gasteiger partial charge is 0.264 e. The Labute approximate surface area is 167 Å². The van der Waals surface area contributed by atoms with Crippen molar-refractivity contribution in [2.45, 2.75) is 44.7 Å². The van der Waals surface area contributed by atoms with Crippen molar-refractivity contribution in [3.05, 3.63) is 47.0 Å². The molecule has 3 aromatic rings. The van der Waals surface area contributed by atoms with Crippen molar-refractivity contribution in [3.8, 4) is 5.69 Å². The van der Waals surface area contributed by atoms with Crippen LogP contribution >= 0.6 is 11.3 Å². The Bertz CT molecular complexity index is 1050. The van der Waals surface area contributed by atoms with Crippen LogP contribution in [0.2, 0.25) is 0 Å². The van der Waals surface area contributed by atoms with E-state index in [1.165, 1.54) is 11.3 Å². The molecular formula is C21H22N4O2S. The summed E-state index contributed by atoms with van der Waals surface area (Å²) in [6.45, 7) is 2.60. The number of nitrogens with one attached hydrogen (secondary N) is 1. The number of hydrogen-bond donors (Lipinski definition) is 1. The van der Waals surface area contributed by atoms with Crippen LogP contribution in [-0.2, 0) is 4.79 Å². The summed E-state index contributed by atoms with van der Waals surface area (Å²) in [4.78, 5) is 29.1. The number of fused-ring (bicyclic) bond motifs is 1. The van der Waals surface area contributed by atoms with Crippen LogP contribution in [0.5, 0.6) is 0 Å². The van der Waals surface area contributed by atoms with Crippen molar-refractivity contribution >= 4 is 33.4 Å². The highest BCUT2D eigenvalue weighted by atomic mass is 32.1. The molecule has 1 saturated carbocycles. The molecule has 7 heteroatoms. The monoisotopic (exact) mass is 394 g/mol. The van der Waals surface area contributed by atoms with Gasteiger partial charge < -0.3 is 10.2 Å². The van der Waals surface area contributed by atoms with Crippen molar-refractivity contribution < 1.29 is 9.59 Å². The predicted octanol–water partition coefficient (Wildman–Crippen LogP) is 3.28. The maximum Gasteiger partial charge on any atom is 0.264 e. The molecular weight excluding hydrogens is 372 g/mol. The average molecular weight is 395 g/mol. The predicted molar refractivity (Wildman–Crippen MR) is 109 cm³/mol. The Kier molecular flexibility index (Phi) is 4.19. The summed E-state index contributed by atoms with van der Waals surface area (Å²) in [5.74, 6) is -0.0465. The number of nitrogens with zero attached hydrogens (tertiary/aromatic N) is 3. The summed E-state index contributed by atoms with van der Waals surface area (Å²) in [5.41, 5.74) is 1.88. The molecule has 0 radical (unpaired) electrons. The highest BCUT2D eigenvalue weighted by Crippen LogP contribution is 2.32. The molecule has 6 nitrogen and oxygen atoms in total. The van der Waals surface area contributed by atoms with Gasteiger partial charge in [0.05, 0.1) is 16.3 Å². The van der Waals surface area contributed by atoms with Crippen molar-refractivity contribution in [1.82, 2.24) is 20.0 Å². The summed E-state index contributed by atoms with van der Waals surface area (Å²) in [5, 5.41) is 8.68. The average Bonchev–Trinajstić information content (AvgIpc) is 3.11. The SMILES string of the molecule is Cc1nn(-c2ccccc2)c2sc(C(=O)N3CCCC3C(=O)NC3CC3)cc12. The first kappa shape index (κ1) is 17.4. The second-order valence-corrected chi connectivity index (χ2v) is 8.63. The van der Waals surface area contributed by atoms with Gasteiger partial charge in [-0.2, -0.15) is 5.10 Å². The van der Waals surface area contributed by atoms with Gasteiger partial charge in [0.15, 0.2) is 0 Å². The van der Waals surface area contributed by atoms with Crippen LogP contribution in [0.3, 0.4) is 0 Å². The summed E-state index contributed by atoms with van der Waals surface area (Å²) in [7, 11) is 0. The van der Waals surface area contributed by atoms with Gasteiger partial charge >= 0.3 is 0 Å². The first-order chi connectivity index (χ1) is 13.6. The van der Waals surface area contributed by atoms with Gasteiger partial charge in [-0.3, -0.25) is 9.59 Å². The molecule has 1 aliphatic carbocycles. The summed E-state index contributed by atoms with van der Waals surface area (Å²) < 4.78 is 1.90. The molecule has 1 aromatic carbocycles. The molecule has 2 fully saturated rings. The van der Waals surface area contributed by atoms with Crippen LogP contribution in [-0.4, -0.2) is 45.1 Å². The Balaban J connectivity index is 1.45. The zero-order valence-electron chi connectivity index (χ0n) is 15.7. The lowest BCUT2D eigenvalue weighted by Gasteiger charge is -2.23. The first-order valence-electron chi connectivity index (χ1n) is 9.78. The molecule has 0 spiro atoms. The van der Waals surface area contributed by atoms with Crippen molar-refractivity contribution in [2.75, 3.05) is 6.54 Å². The topological polar surface area (TPSA) is 67.2 Å². The van der Waals surface area contributed by atoms with Crippen LogP contribution in [0, 0.1) is 6.92 Å². The lowest BCUT2D eigenvalue weighted by Crippen LogP contribution is -2.46. The number of rotatable bonds is 4. The van der Waals surface area contributed by atoms with Crippen molar-refractivity contribution in [2.24, 2.45) is 0 Å². The number of likely N-dealkylation sites (tertiary alicyclic amines) is 1. The first-order valence-corrected chi connectivity index (χ1v) is 10.6.